The monoisotopic (exact) mass is 208 g/mol. The van der Waals surface area contributed by atoms with Gasteiger partial charge in [-0.1, -0.05) is 6.07 Å². The van der Waals surface area contributed by atoms with Gasteiger partial charge in [-0.25, -0.2) is 0 Å². The van der Waals surface area contributed by atoms with Crippen LogP contribution in [0.4, 0.5) is 11.4 Å². The maximum absolute atomic E-state index is 9.71. The second-order valence-corrected chi connectivity index (χ2v) is 4.73. The predicted molar refractivity (Wildman–Crippen MR) is 65.2 cm³/mol. The van der Waals surface area contributed by atoms with Crippen LogP contribution in [-0.2, 0) is 0 Å². The first-order chi connectivity index (χ1) is 6.79. The summed E-state index contributed by atoms with van der Waals surface area (Å²) in [6, 6.07) is 5.94. The standard InChI is InChI=1S/C12H20N2O/c1-9-5-6-11(10(13)7-9)14(4)8-12(2,3)15/h5-7,15H,8,13H2,1-4H3. The maximum atomic E-state index is 9.71. The number of nitrogens with two attached hydrogens (primary N) is 1. The minimum Gasteiger partial charge on any atom is -0.397 e. The Morgan fingerprint density at radius 2 is 2.00 bits per heavy atom. The Morgan fingerprint density at radius 3 is 2.47 bits per heavy atom. The molecule has 0 aliphatic carbocycles. The van der Waals surface area contributed by atoms with Gasteiger partial charge in [-0.3, -0.25) is 0 Å². The summed E-state index contributed by atoms with van der Waals surface area (Å²) in [5, 5.41) is 9.71. The summed E-state index contributed by atoms with van der Waals surface area (Å²) in [7, 11) is 1.93. The molecule has 0 amide bonds. The number of hydrogen-bond acceptors (Lipinski definition) is 3. The summed E-state index contributed by atoms with van der Waals surface area (Å²) in [6.07, 6.45) is 0. The first kappa shape index (κ1) is 11.9. The van der Waals surface area contributed by atoms with E-state index >= 15 is 0 Å². The molecule has 0 aliphatic heterocycles. The third-order valence-corrected chi connectivity index (χ3v) is 2.22. The number of likely N-dealkylation sites (N-methyl/N-ethyl adjacent to an activating group) is 1. The molecule has 1 aromatic rings. The molecule has 1 rings (SSSR count). The highest BCUT2D eigenvalue weighted by atomic mass is 16.3. The van der Waals surface area contributed by atoms with Crippen molar-refractivity contribution in [2.45, 2.75) is 26.4 Å². The molecule has 15 heavy (non-hydrogen) atoms. The van der Waals surface area contributed by atoms with E-state index in [9.17, 15) is 5.11 Å². The van der Waals surface area contributed by atoms with Gasteiger partial charge < -0.3 is 15.7 Å². The predicted octanol–water partition coefficient (Wildman–Crippen LogP) is 1.78. The van der Waals surface area contributed by atoms with E-state index in [2.05, 4.69) is 0 Å². The Kier molecular flexibility index (Phi) is 3.25. The second kappa shape index (κ2) is 4.11. The van der Waals surface area contributed by atoms with E-state index in [-0.39, 0.29) is 0 Å². The number of aliphatic hydroxyl groups is 1. The average molecular weight is 208 g/mol. The van der Waals surface area contributed by atoms with Gasteiger partial charge in [-0.2, -0.15) is 0 Å². The number of anilines is 2. The van der Waals surface area contributed by atoms with Crippen molar-refractivity contribution in [1.29, 1.82) is 0 Å². The van der Waals surface area contributed by atoms with Crippen LogP contribution in [0, 0.1) is 6.92 Å². The van der Waals surface area contributed by atoms with Crippen LogP contribution in [0.15, 0.2) is 18.2 Å². The normalized spacial score (nSPS) is 11.5. The molecule has 0 radical (unpaired) electrons. The van der Waals surface area contributed by atoms with Gasteiger partial charge in [0.05, 0.1) is 17.0 Å². The number of aryl methyl sites for hydroxylation is 1. The van der Waals surface area contributed by atoms with Gasteiger partial charge >= 0.3 is 0 Å². The highest BCUT2D eigenvalue weighted by Crippen LogP contribution is 2.24. The lowest BCUT2D eigenvalue weighted by molar-refractivity contribution is 0.0886. The fourth-order valence-electron chi connectivity index (χ4n) is 1.69. The molecule has 84 valence electrons. The van der Waals surface area contributed by atoms with E-state index in [4.69, 9.17) is 5.73 Å². The van der Waals surface area contributed by atoms with Gasteiger partial charge in [0.2, 0.25) is 0 Å². The highest BCUT2D eigenvalue weighted by molar-refractivity contribution is 5.68. The molecule has 0 spiro atoms. The summed E-state index contributed by atoms with van der Waals surface area (Å²) in [6.45, 7) is 6.14. The van der Waals surface area contributed by atoms with Crippen molar-refractivity contribution in [2.75, 3.05) is 24.2 Å². The summed E-state index contributed by atoms with van der Waals surface area (Å²) in [5.74, 6) is 0. The Bertz CT molecular complexity index is 342. The third-order valence-electron chi connectivity index (χ3n) is 2.22. The van der Waals surface area contributed by atoms with E-state index in [1.807, 2.05) is 37.1 Å². The fourth-order valence-corrected chi connectivity index (χ4v) is 1.69. The van der Waals surface area contributed by atoms with E-state index in [1.165, 1.54) is 0 Å². The molecule has 0 aliphatic rings. The molecule has 0 saturated carbocycles. The van der Waals surface area contributed by atoms with E-state index in [0.29, 0.717) is 6.54 Å². The smallest absolute Gasteiger partial charge is 0.0765 e. The zero-order chi connectivity index (χ0) is 11.6. The first-order valence-corrected chi connectivity index (χ1v) is 5.09. The fraction of sp³-hybridized carbons (Fsp3) is 0.500. The molecule has 0 saturated heterocycles. The summed E-state index contributed by atoms with van der Waals surface area (Å²) < 4.78 is 0. The molecule has 0 bridgehead atoms. The van der Waals surface area contributed by atoms with Crippen LogP contribution in [0.3, 0.4) is 0 Å². The van der Waals surface area contributed by atoms with Crippen LogP contribution in [0.25, 0.3) is 0 Å². The number of nitrogen functional groups attached to an aromatic ring is 1. The molecule has 0 fully saturated rings. The van der Waals surface area contributed by atoms with E-state index < -0.39 is 5.60 Å². The maximum Gasteiger partial charge on any atom is 0.0765 e. The summed E-state index contributed by atoms with van der Waals surface area (Å²) >= 11 is 0. The largest absolute Gasteiger partial charge is 0.397 e. The molecule has 0 atom stereocenters. The van der Waals surface area contributed by atoms with Crippen LogP contribution in [-0.4, -0.2) is 24.3 Å². The van der Waals surface area contributed by atoms with Crippen LogP contribution >= 0.6 is 0 Å². The topological polar surface area (TPSA) is 49.5 Å². The Labute approximate surface area is 91.5 Å². The lowest BCUT2D eigenvalue weighted by atomic mass is 10.1. The van der Waals surface area contributed by atoms with Crippen molar-refractivity contribution >= 4 is 11.4 Å². The molecule has 3 heteroatoms. The lowest BCUT2D eigenvalue weighted by Gasteiger charge is -2.28. The zero-order valence-corrected chi connectivity index (χ0v) is 9.91. The number of nitrogens with zero attached hydrogens (tertiary/aromatic N) is 1. The van der Waals surface area contributed by atoms with Crippen molar-refractivity contribution in [3.8, 4) is 0 Å². The van der Waals surface area contributed by atoms with Gasteiger partial charge in [0, 0.05) is 13.6 Å². The Balaban J connectivity index is 2.87. The van der Waals surface area contributed by atoms with Crippen molar-refractivity contribution in [3.05, 3.63) is 23.8 Å². The Morgan fingerprint density at radius 1 is 1.40 bits per heavy atom. The molecule has 0 heterocycles. The van der Waals surface area contributed by atoms with Gasteiger partial charge in [0.25, 0.3) is 0 Å². The third kappa shape index (κ3) is 3.44. The molecule has 3 N–H and O–H groups in total. The molecule has 1 aromatic carbocycles. The highest BCUT2D eigenvalue weighted by Gasteiger charge is 2.16. The molecular formula is C12H20N2O. The van der Waals surface area contributed by atoms with Crippen molar-refractivity contribution in [1.82, 2.24) is 0 Å². The first-order valence-electron chi connectivity index (χ1n) is 5.09. The average Bonchev–Trinajstić information content (AvgIpc) is 1.99. The zero-order valence-electron chi connectivity index (χ0n) is 9.91. The SMILES string of the molecule is Cc1ccc(N(C)CC(C)(C)O)c(N)c1. The lowest BCUT2D eigenvalue weighted by Crippen LogP contribution is -2.36. The summed E-state index contributed by atoms with van der Waals surface area (Å²) in [5.41, 5.74) is 8.06. The van der Waals surface area contributed by atoms with Gasteiger partial charge in [0.1, 0.15) is 0 Å². The molecule has 3 nitrogen and oxygen atoms in total. The quantitative estimate of drug-likeness (QED) is 0.744. The van der Waals surface area contributed by atoms with Crippen LogP contribution in [0.1, 0.15) is 19.4 Å². The minimum atomic E-state index is -0.716. The number of hydrogen-bond donors (Lipinski definition) is 2. The van der Waals surface area contributed by atoms with Crippen molar-refractivity contribution < 1.29 is 5.11 Å². The van der Waals surface area contributed by atoms with Crippen molar-refractivity contribution in [2.24, 2.45) is 0 Å². The number of rotatable bonds is 3. The van der Waals surface area contributed by atoms with Crippen LogP contribution < -0.4 is 10.6 Å². The molecule has 0 unspecified atom stereocenters. The van der Waals surface area contributed by atoms with E-state index in [0.717, 1.165) is 16.9 Å². The number of benzene rings is 1. The van der Waals surface area contributed by atoms with Crippen molar-refractivity contribution in [3.63, 3.8) is 0 Å². The Hall–Kier alpha value is -1.22. The minimum absolute atomic E-state index is 0.556. The van der Waals surface area contributed by atoms with Gasteiger partial charge in [-0.05, 0) is 38.5 Å². The van der Waals surface area contributed by atoms with Crippen LogP contribution in [0.2, 0.25) is 0 Å². The second-order valence-electron chi connectivity index (χ2n) is 4.73. The summed E-state index contributed by atoms with van der Waals surface area (Å²) in [4.78, 5) is 1.97. The molecular weight excluding hydrogens is 188 g/mol. The van der Waals surface area contributed by atoms with Gasteiger partial charge in [-0.15, -0.1) is 0 Å². The van der Waals surface area contributed by atoms with E-state index in [1.54, 1.807) is 13.8 Å². The molecule has 0 aromatic heterocycles. The van der Waals surface area contributed by atoms with Gasteiger partial charge in [0.15, 0.2) is 0 Å². The van der Waals surface area contributed by atoms with Crippen LogP contribution in [0.5, 0.6) is 0 Å².